The summed E-state index contributed by atoms with van der Waals surface area (Å²) in [5.74, 6) is -0.621. The summed E-state index contributed by atoms with van der Waals surface area (Å²) >= 11 is 11.5. The first-order valence-electron chi connectivity index (χ1n) is 4.42. The first kappa shape index (κ1) is 11.7. The predicted octanol–water partition coefficient (Wildman–Crippen LogP) is 2.21. The molecule has 2 rings (SSSR count). The van der Waals surface area contributed by atoms with Gasteiger partial charge in [0.2, 0.25) is 11.5 Å². The van der Waals surface area contributed by atoms with Crippen LogP contribution in [0.2, 0.25) is 10.0 Å². The van der Waals surface area contributed by atoms with Crippen molar-refractivity contribution < 1.29 is 9.42 Å². The number of nitrogens with one attached hydrogen (secondary N) is 1. The van der Waals surface area contributed by atoms with E-state index in [1.807, 2.05) is 0 Å². The molecule has 0 bridgehead atoms. The van der Waals surface area contributed by atoms with Crippen LogP contribution in [-0.4, -0.2) is 16.2 Å². The number of hydrogen-bond acceptors (Lipinski definition) is 5. The largest absolute Gasteiger partial charge is 0.379 e. The van der Waals surface area contributed by atoms with Gasteiger partial charge in [-0.15, -0.1) is 0 Å². The molecule has 2 aromatic rings. The molecule has 0 spiro atoms. The Balaban J connectivity index is 2.19. The van der Waals surface area contributed by atoms with E-state index in [0.717, 1.165) is 0 Å². The highest BCUT2D eigenvalue weighted by Crippen LogP contribution is 2.25. The normalized spacial score (nSPS) is 10.2. The Morgan fingerprint density at radius 2 is 2.06 bits per heavy atom. The number of nitrogens with zero attached hydrogens (tertiary/aromatic N) is 2. The van der Waals surface area contributed by atoms with Gasteiger partial charge in [-0.3, -0.25) is 4.79 Å². The summed E-state index contributed by atoms with van der Waals surface area (Å²) in [6, 6.07) is 4.66. The van der Waals surface area contributed by atoms with E-state index in [1.54, 1.807) is 12.1 Å². The maximum atomic E-state index is 11.7. The third-order valence-electron chi connectivity index (χ3n) is 1.91. The van der Waals surface area contributed by atoms with Crippen molar-refractivity contribution in [3.63, 3.8) is 0 Å². The SMILES string of the molecule is Nc1nonc1C(=O)Nc1ccc(Cl)c(Cl)c1. The molecule has 1 heterocycles. The molecule has 0 saturated carbocycles. The third kappa shape index (κ3) is 2.48. The van der Waals surface area contributed by atoms with E-state index in [0.29, 0.717) is 15.7 Å². The van der Waals surface area contributed by atoms with E-state index in [4.69, 9.17) is 28.9 Å². The Hall–Kier alpha value is -1.79. The van der Waals surface area contributed by atoms with Gasteiger partial charge in [0.1, 0.15) is 0 Å². The summed E-state index contributed by atoms with van der Waals surface area (Å²) in [7, 11) is 0. The van der Waals surface area contributed by atoms with Crippen LogP contribution in [0.3, 0.4) is 0 Å². The molecular formula is C9H6Cl2N4O2. The number of nitrogen functional groups attached to an aromatic ring is 1. The van der Waals surface area contributed by atoms with Gasteiger partial charge in [-0.2, -0.15) is 0 Å². The highest BCUT2D eigenvalue weighted by atomic mass is 35.5. The van der Waals surface area contributed by atoms with Crippen LogP contribution >= 0.6 is 23.2 Å². The van der Waals surface area contributed by atoms with E-state index in [1.165, 1.54) is 6.07 Å². The Morgan fingerprint density at radius 3 is 2.65 bits per heavy atom. The van der Waals surface area contributed by atoms with Crippen LogP contribution in [0.15, 0.2) is 22.8 Å². The van der Waals surface area contributed by atoms with E-state index in [2.05, 4.69) is 20.3 Å². The zero-order valence-electron chi connectivity index (χ0n) is 8.28. The predicted molar refractivity (Wildman–Crippen MR) is 63.1 cm³/mol. The fraction of sp³-hybridized carbons (Fsp3) is 0. The van der Waals surface area contributed by atoms with Gasteiger partial charge in [-0.1, -0.05) is 23.2 Å². The minimum absolute atomic E-state index is 0.0810. The van der Waals surface area contributed by atoms with Gasteiger partial charge in [0.25, 0.3) is 5.91 Å². The number of rotatable bonds is 2. The molecule has 17 heavy (non-hydrogen) atoms. The average molecular weight is 273 g/mol. The molecule has 0 aliphatic heterocycles. The molecule has 8 heteroatoms. The van der Waals surface area contributed by atoms with Crippen molar-refractivity contribution in [1.82, 2.24) is 10.3 Å². The maximum absolute atomic E-state index is 11.7. The second-order valence-corrected chi connectivity index (χ2v) is 3.90. The lowest BCUT2D eigenvalue weighted by Gasteiger charge is -2.04. The van der Waals surface area contributed by atoms with Gasteiger partial charge < -0.3 is 11.1 Å². The van der Waals surface area contributed by atoms with Gasteiger partial charge in [0.05, 0.1) is 10.0 Å². The molecule has 0 aliphatic rings. The van der Waals surface area contributed by atoms with Crippen molar-refractivity contribution in [1.29, 1.82) is 0 Å². The molecule has 0 saturated heterocycles. The Bertz CT molecular complexity index is 570. The van der Waals surface area contributed by atoms with Crippen LogP contribution in [0.1, 0.15) is 10.5 Å². The minimum atomic E-state index is -0.540. The summed E-state index contributed by atoms with van der Waals surface area (Å²) in [5.41, 5.74) is 5.75. The molecule has 0 radical (unpaired) electrons. The van der Waals surface area contributed by atoms with Crippen LogP contribution in [0.4, 0.5) is 11.5 Å². The number of nitrogens with two attached hydrogens (primary N) is 1. The van der Waals surface area contributed by atoms with Gasteiger partial charge in [-0.25, -0.2) is 4.63 Å². The molecule has 0 fully saturated rings. The number of benzene rings is 1. The number of amides is 1. The average Bonchev–Trinajstić information content (AvgIpc) is 2.70. The van der Waals surface area contributed by atoms with E-state index >= 15 is 0 Å². The van der Waals surface area contributed by atoms with Gasteiger partial charge in [-0.05, 0) is 28.5 Å². The molecular weight excluding hydrogens is 267 g/mol. The molecule has 1 aromatic heterocycles. The number of halogens is 2. The highest BCUT2D eigenvalue weighted by molar-refractivity contribution is 6.42. The summed E-state index contributed by atoms with van der Waals surface area (Å²) in [5, 5.41) is 9.92. The first-order valence-corrected chi connectivity index (χ1v) is 5.18. The lowest BCUT2D eigenvalue weighted by atomic mass is 10.3. The number of carbonyl (C=O) groups is 1. The Morgan fingerprint density at radius 1 is 1.29 bits per heavy atom. The molecule has 88 valence electrons. The van der Waals surface area contributed by atoms with Crippen LogP contribution in [-0.2, 0) is 0 Å². The van der Waals surface area contributed by atoms with Crippen molar-refractivity contribution in [2.24, 2.45) is 0 Å². The van der Waals surface area contributed by atoms with Crippen molar-refractivity contribution in [3.8, 4) is 0 Å². The van der Waals surface area contributed by atoms with Crippen molar-refractivity contribution in [2.75, 3.05) is 11.1 Å². The number of hydrogen-bond donors (Lipinski definition) is 2. The fourth-order valence-corrected chi connectivity index (χ4v) is 1.42. The third-order valence-corrected chi connectivity index (χ3v) is 2.65. The monoisotopic (exact) mass is 272 g/mol. The summed E-state index contributed by atoms with van der Waals surface area (Å²) < 4.78 is 4.31. The first-order chi connectivity index (χ1) is 8.08. The quantitative estimate of drug-likeness (QED) is 0.874. The van der Waals surface area contributed by atoms with Crippen molar-refractivity contribution in [2.45, 2.75) is 0 Å². The van der Waals surface area contributed by atoms with Crippen LogP contribution < -0.4 is 11.1 Å². The summed E-state index contributed by atoms with van der Waals surface area (Å²) in [4.78, 5) is 11.7. The van der Waals surface area contributed by atoms with Gasteiger partial charge in [0.15, 0.2) is 0 Å². The van der Waals surface area contributed by atoms with E-state index in [9.17, 15) is 4.79 Å². The minimum Gasteiger partial charge on any atom is -0.379 e. The van der Waals surface area contributed by atoms with Crippen LogP contribution in [0, 0.1) is 0 Å². The maximum Gasteiger partial charge on any atom is 0.281 e. The lowest BCUT2D eigenvalue weighted by molar-refractivity contribution is 0.101. The van der Waals surface area contributed by atoms with Crippen molar-refractivity contribution >= 4 is 40.6 Å². The fourth-order valence-electron chi connectivity index (χ4n) is 1.12. The molecule has 1 aromatic carbocycles. The van der Waals surface area contributed by atoms with Crippen LogP contribution in [0.25, 0.3) is 0 Å². The van der Waals surface area contributed by atoms with Gasteiger partial charge in [0, 0.05) is 5.69 Å². The summed E-state index contributed by atoms with van der Waals surface area (Å²) in [6.45, 7) is 0. The number of aromatic nitrogens is 2. The molecule has 6 nitrogen and oxygen atoms in total. The highest BCUT2D eigenvalue weighted by Gasteiger charge is 2.16. The second kappa shape index (κ2) is 4.60. The zero-order chi connectivity index (χ0) is 12.4. The molecule has 1 amide bonds. The lowest BCUT2D eigenvalue weighted by Crippen LogP contribution is -2.14. The second-order valence-electron chi connectivity index (χ2n) is 3.08. The molecule has 0 unspecified atom stereocenters. The smallest absolute Gasteiger partial charge is 0.281 e. The van der Waals surface area contributed by atoms with E-state index in [-0.39, 0.29) is 11.5 Å². The molecule has 0 atom stereocenters. The van der Waals surface area contributed by atoms with Crippen molar-refractivity contribution in [3.05, 3.63) is 33.9 Å². The summed E-state index contributed by atoms with van der Waals surface area (Å²) in [6.07, 6.45) is 0. The number of anilines is 2. The zero-order valence-corrected chi connectivity index (χ0v) is 9.79. The molecule has 3 N–H and O–H groups in total. The molecule has 0 aliphatic carbocycles. The number of carbonyl (C=O) groups excluding carboxylic acids is 1. The Kier molecular flexibility index (Phi) is 3.16. The van der Waals surface area contributed by atoms with Gasteiger partial charge >= 0.3 is 0 Å². The standard InChI is InChI=1S/C9H6Cl2N4O2/c10-5-2-1-4(3-6(5)11)13-9(16)7-8(12)15-17-14-7/h1-3H,(H2,12,15)(H,13,16). The topological polar surface area (TPSA) is 94.0 Å². The Labute approximate surface area is 106 Å². The van der Waals surface area contributed by atoms with E-state index < -0.39 is 5.91 Å². The van der Waals surface area contributed by atoms with Crippen LogP contribution in [0.5, 0.6) is 0 Å².